The van der Waals surface area contributed by atoms with Crippen molar-refractivity contribution in [3.8, 4) is 0 Å². The van der Waals surface area contributed by atoms with Gasteiger partial charge in [0, 0.05) is 26.4 Å². The highest BCUT2D eigenvalue weighted by atomic mass is 35.5. The van der Waals surface area contributed by atoms with Gasteiger partial charge in [-0.25, -0.2) is 0 Å². The first kappa shape index (κ1) is 15.5. The van der Waals surface area contributed by atoms with Gasteiger partial charge >= 0.3 is 0 Å². The number of benzene rings is 1. The lowest BCUT2D eigenvalue weighted by Crippen LogP contribution is -2.34. The summed E-state index contributed by atoms with van der Waals surface area (Å²) in [6.07, 6.45) is 1.16. The Kier molecular flexibility index (Phi) is 6.36. The fourth-order valence-electron chi connectivity index (χ4n) is 1.68. The Morgan fingerprint density at radius 2 is 2.00 bits per heavy atom. The van der Waals surface area contributed by atoms with Crippen LogP contribution < -0.4 is 10.2 Å². The molecule has 0 heterocycles. The molecule has 104 valence electrons. The van der Waals surface area contributed by atoms with Gasteiger partial charge in [0.1, 0.15) is 0 Å². The molecule has 19 heavy (non-hydrogen) atoms. The van der Waals surface area contributed by atoms with Gasteiger partial charge in [0.2, 0.25) is 11.8 Å². The van der Waals surface area contributed by atoms with Crippen LogP contribution in [0, 0.1) is 0 Å². The molecule has 0 unspecified atom stereocenters. The third-order valence-electron chi connectivity index (χ3n) is 2.66. The van der Waals surface area contributed by atoms with Crippen LogP contribution in [0.5, 0.6) is 0 Å². The van der Waals surface area contributed by atoms with Crippen molar-refractivity contribution >= 4 is 29.1 Å². The van der Waals surface area contributed by atoms with E-state index in [-0.39, 0.29) is 18.2 Å². The van der Waals surface area contributed by atoms with E-state index in [2.05, 4.69) is 5.32 Å². The van der Waals surface area contributed by atoms with Crippen molar-refractivity contribution < 1.29 is 9.59 Å². The normalized spacial score (nSPS) is 10.1. The van der Waals surface area contributed by atoms with Crippen molar-refractivity contribution in [2.45, 2.75) is 26.7 Å². The summed E-state index contributed by atoms with van der Waals surface area (Å²) in [7, 11) is 0. The van der Waals surface area contributed by atoms with Crippen molar-refractivity contribution in [1.82, 2.24) is 5.32 Å². The summed E-state index contributed by atoms with van der Waals surface area (Å²) in [6, 6.07) is 7.12. The number of hydrogen-bond donors (Lipinski definition) is 1. The molecule has 1 aromatic rings. The molecule has 0 saturated heterocycles. The number of carbonyl (C=O) groups is 2. The fraction of sp³-hybridized carbons (Fsp3) is 0.429. The Hall–Kier alpha value is -1.55. The van der Waals surface area contributed by atoms with Crippen LogP contribution in [-0.4, -0.2) is 24.9 Å². The van der Waals surface area contributed by atoms with E-state index in [0.717, 1.165) is 6.42 Å². The van der Waals surface area contributed by atoms with Gasteiger partial charge in [0.25, 0.3) is 0 Å². The van der Waals surface area contributed by atoms with E-state index in [0.29, 0.717) is 23.8 Å². The Balaban J connectivity index is 2.67. The third-order valence-corrected chi connectivity index (χ3v) is 2.98. The maximum absolute atomic E-state index is 11.7. The molecular formula is C14H19ClN2O2. The largest absolute Gasteiger partial charge is 0.356 e. The topological polar surface area (TPSA) is 49.4 Å². The highest BCUT2D eigenvalue weighted by Crippen LogP contribution is 2.25. The summed E-state index contributed by atoms with van der Waals surface area (Å²) in [5, 5.41) is 3.29. The van der Waals surface area contributed by atoms with Crippen molar-refractivity contribution in [2.24, 2.45) is 0 Å². The number of nitrogens with zero attached hydrogens (tertiary/aromatic N) is 1. The molecule has 0 fully saturated rings. The Bertz CT molecular complexity index is 449. The zero-order valence-electron chi connectivity index (χ0n) is 11.3. The maximum Gasteiger partial charge on any atom is 0.223 e. The van der Waals surface area contributed by atoms with Crippen LogP contribution in [0.1, 0.15) is 26.7 Å². The first-order valence-corrected chi connectivity index (χ1v) is 6.73. The average Bonchev–Trinajstić information content (AvgIpc) is 2.38. The quantitative estimate of drug-likeness (QED) is 0.872. The minimum Gasteiger partial charge on any atom is -0.356 e. The number of para-hydroxylation sites is 1. The minimum atomic E-state index is -0.128. The Morgan fingerprint density at radius 3 is 2.58 bits per heavy atom. The van der Waals surface area contributed by atoms with Gasteiger partial charge in [0.15, 0.2) is 0 Å². The van der Waals surface area contributed by atoms with Crippen molar-refractivity contribution in [3.63, 3.8) is 0 Å². The molecule has 0 aliphatic carbocycles. The predicted molar refractivity (Wildman–Crippen MR) is 77.4 cm³/mol. The molecule has 0 bridgehead atoms. The van der Waals surface area contributed by atoms with Crippen LogP contribution in [0.25, 0.3) is 0 Å². The number of rotatable bonds is 6. The second-order valence-corrected chi connectivity index (χ2v) is 4.63. The summed E-state index contributed by atoms with van der Waals surface area (Å²) in [5.41, 5.74) is 0.639. The number of amides is 2. The van der Waals surface area contributed by atoms with Gasteiger partial charge in [-0.3, -0.25) is 9.59 Å². The standard InChI is InChI=1S/C14H19ClN2O2/c1-3-9-16-14(19)8-10-17(11(2)18)13-7-5-4-6-12(13)15/h4-7H,3,8-10H2,1-2H3,(H,16,19). The minimum absolute atomic E-state index is 0.0554. The van der Waals surface area contributed by atoms with Gasteiger partial charge in [-0.15, -0.1) is 0 Å². The Morgan fingerprint density at radius 1 is 1.32 bits per heavy atom. The van der Waals surface area contributed by atoms with E-state index >= 15 is 0 Å². The second-order valence-electron chi connectivity index (χ2n) is 4.22. The van der Waals surface area contributed by atoms with Gasteiger partial charge in [0.05, 0.1) is 10.7 Å². The summed E-state index contributed by atoms with van der Waals surface area (Å²) >= 11 is 6.07. The molecule has 0 spiro atoms. The van der Waals surface area contributed by atoms with Gasteiger partial charge in [-0.05, 0) is 18.6 Å². The summed E-state index contributed by atoms with van der Waals surface area (Å²) in [6.45, 7) is 4.44. The fourth-order valence-corrected chi connectivity index (χ4v) is 1.92. The van der Waals surface area contributed by atoms with Crippen molar-refractivity contribution in [1.29, 1.82) is 0 Å². The second kappa shape index (κ2) is 7.79. The number of nitrogens with one attached hydrogen (secondary N) is 1. The lowest BCUT2D eigenvalue weighted by atomic mass is 10.2. The number of halogens is 1. The van der Waals surface area contributed by atoms with Gasteiger partial charge in [-0.1, -0.05) is 30.7 Å². The number of hydrogen-bond acceptors (Lipinski definition) is 2. The molecule has 0 aliphatic rings. The van der Waals surface area contributed by atoms with E-state index in [1.807, 2.05) is 13.0 Å². The molecule has 5 heteroatoms. The van der Waals surface area contributed by atoms with Crippen LogP contribution in [0.15, 0.2) is 24.3 Å². The SMILES string of the molecule is CCCNC(=O)CCN(C(C)=O)c1ccccc1Cl. The molecule has 1 N–H and O–H groups in total. The van der Waals surface area contributed by atoms with Crippen LogP contribution in [0.2, 0.25) is 5.02 Å². The van der Waals surface area contributed by atoms with Crippen molar-refractivity contribution in [2.75, 3.05) is 18.0 Å². The Labute approximate surface area is 118 Å². The van der Waals surface area contributed by atoms with Gasteiger partial charge in [-0.2, -0.15) is 0 Å². The molecule has 0 aliphatic heterocycles. The predicted octanol–water partition coefficient (Wildman–Crippen LogP) is 2.61. The van der Waals surface area contributed by atoms with Crippen LogP contribution in [0.4, 0.5) is 5.69 Å². The molecule has 0 aromatic heterocycles. The highest BCUT2D eigenvalue weighted by molar-refractivity contribution is 6.33. The average molecular weight is 283 g/mol. The molecule has 1 rings (SSSR count). The number of anilines is 1. The zero-order valence-corrected chi connectivity index (χ0v) is 12.0. The lowest BCUT2D eigenvalue weighted by Gasteiger charge is -2.22. The summed E-state index contributed by atoms with van der Waals surface area (Å²) < 4.78 is 0. The molecule has 0 atom stereocenters. The summed E-state index contributed by atoms with van der Waals surface area (Å²) in [4.78, 5) is 24.7. The van der Waals surface area contributed by atoms with E-state index < -0.39 is 0 Å². The smallest absolute Gasteiger partial charge is 0.223 e. The third kappa shape index (κ3) is 4.91. The molecule has 0 radical (unpaired) electrons. The van der Waals surface area contributed by atoms with E-state index in [1.165, 1.54) is 11.8 Å². The first-order chi connectivity index (χ1) is 9.06. The molecule has 0 saturated carbocycles. The number of carbonyl (C=O) groups excluding carboxylic acids is 2. The van der Waals surface area contributed by atoms with Crippen molar-refractivity contribution in [3.05, 3.63) is 29.3 Å². The zero-order chi connectivity index (χ0) is 14.3. The van der Waals surface area contributed by atoms with Crippen LogP contribution in [0.3, 0.4) is 0 Å². The van der Waals surface area contributed by atoms with E-state index in [4.69, 9.17) is 11.6 Å². The van der Waals surface area contributed by atoms with Crippen LogP contribution >= 0.6 is 11.6 Å². The highest BCUT2D eigenvalue weighted by Gasteiger charge is 2.15. The van der Waals surface area contributed by atoms with E-state index in [1.54, 1.807) is 18.2 Å². The molecule has 2 amide bonds. The summed E-state index contributed by atoms with van der Waals surface area (Å²) in [5.74, 6) is -0.184. The molecular weight excluding hydrogens is 264 g/mol. The molecule has 1 aromatic carbocycles. The van der Waals surface area contributed by atoms with E-state index in [9.17, 15) is 9.59 Å². The first-order valence-electron chi connectivity index (χ1n) is 6.35. The monoisotopic (exact) mass is 282 g/mol. The maximum atomic E-state index is 11.7. The molecule has 4 nitrogen and oxygen atoms in total. The van der Waals surface area contributed by atoms with Crippen LogP contribution in [-0.2, 0) is 9.59 Å². The lowest BCUT2D eigenvalue weighted by molar-refractivity contribution is -0.121. The van der Waals surface area contributed by atoms with Gasteiger partial charge < -0.3 is 10.2 Å².